The molecule has 0 saturated heterocycles. The first-order chi connectivity index (χ1) is 9.25. The summed E-state index contributed by atoms with van der Waals surface area (Å²) in [7, 11) is 1.65. The van der Waals surface area contributed by atoms with Crippen LogP contribution in [0.5, 0.6) is 0 Å². The lowest BCUT2D eigenvalue weighted by Crippen LogP contribution is -2.25. The maximum Gasteiger partial charge on any atom is 0.252 e. The lowest BCUT2D eigenvalue weighted by atomic mass is 10.2. The third-order valence-corrected chi connectivity index (χ3v) is 3.24. The van der Waals surface area contributed by atoms with E-state index in [4.69, 9.17) is 9.47 Å². The van der Waals surface area contributed by atoms with Gasteiger partial charge in [-0.1, -0.05) is 12.1 Å². The van der Waals surface area contributed by atoms with E-state index in [1.54, 1.807) is 13.2 Å². The Kier molecular flexibility index (Phi) is 8.45. The molecule has 0 aliphatic rings. The van der Waals surface area contributed by atoms with Gasteiger partial charge in [0.05, 0.1) is 18.8 Å². The van der Waals surface area contributed by atoms with Crippen molar-refractivity contribution in [3.05, 3.63) is 34.3 Å². The Morgan fingerprint density at radius 1 is 1.21 bits per heavy atom. The number of ether oxygens (including phenoxy) is 2. The third kappa shape index (κ3) is 6.71. The monoisotopic (exact) mass is 329 g/mol. The molecule has 1 aromatic rings. The Morgan fingerprint density at radius 3 is 2.74 bits per heavy atom. The normalized spacial score (nSPS) is 10.4. The van der Waals surface area contributed by atoms with E-state index >= 15 is 0 Å². The molecule has 1 aromatic carbocycles. The van der Waals surface area contributed by atoms with Gasteiger partial charge in [-0.15, -0.1) is 0 Å². The van der Waals surface area contributed by atoms with Gasteiger partial charge >= 0.3 is 0 Å². The molecule has 0 aliphatic carbocycles. The molecule has 106 valence electrons. The van der Waals surface area contributed by atoms with Gasteiger partial charge in [0, 0.05) is 24.7 Å². The van der Waals surface area contributed by atoms with Crippen molar-refractivity contribution in [1.82, 2.24) is 5.32 Å². The summed E-state index contributed by atoms with van der Waals surface area (Å²) in [6.07, 6.45) is 1.84. The Balaban J connectivity index is 2.10. The molecule has 1 N–H and O–H groups in total. The summed E-state index contributed by atoms with van der Waals surface area (Å²) in [6, 6.07) is 7.40. The highest BCUT2D eigenvalue weighted by Crippen LogP contribution is 2.15. The minimum Gasteiger partial charge on any atom is -0.382 e. The minimum absolute atomic E-state index is 0.0484. The van der Waals surface area contributed by atoms with Crippen LogP contribution in [0.25, 0.3) is 0 Å². The maximum absolute atomic E-state index is 11.9. The Bertz CT molecular complexity index is 385. The first-order valence-electron chi connectivity index (χ1n) is 6.35. The van der Waals surface area contributed by atoms with Crippen LogP contribution >= 0.6 is 15.9 Å². The van der Waals surface area contributed by atoms with Crippen molar-refractivity contribution in [2.24, 2.45) is 0 Å². The number of nitrogens with one attached hydrogen (secondary N) is 1. The van der Waals surface area contributed by atoms with E-state index in [9.17, 15) is 4.79 Å². The van der Waals surface area contributed by atoms with Crippen molar-refractivity contribution >= 4 is 21.8 Å². The molecule has 1 amide bonds. The van der Waals surface area contributed by atoms with E-state index in [-0.39, 0.29) is 5.91 Å². The Labute approximate surface area is 122 Å². The Hall–Kier alpha value is -0.910. The first kappa shape index (κ1) is 16.1. The van der Waals surface area contributed by atoms with Gasteiger partial charge in [-0.2, -0.15) is 0 Å². The zero-order chi connectivity index (χ0) is 13.9. The van der Waals surface area contributed by atoms with Crippen molar-refractivity contribution in [2.75, 3.05) is 33.5 Å². The highest BCUT2D eigenvalue weighted by Gasteiger charge is 2.07. The number of unbranched alkanes of at least 4 members (excludes halogenated alkanes) is 1. The maximum atomic E-state index is 11.9. The zero-order valence-electron chi connectivity index (χ0n) is 11.2. The van der Waals surface area contributed by atoms with Gasteiger partial charge in [0.25, 0.3) is 5.91 Å². The number of methoxy groups -OCH3 is 1. The molecular weight excluding hydrogens is 310 g/mol. The smallest absolute Gasteiger partial charge is 0.252 e. The second-order valence-corrected chi connectivity index (χ2v) is 4.90. The van der Waals surface area contributed by atoms with Crippen LogP contribution in [-0.2, 0) is 9.47 Å². The topological polar surface area (TPSA) is 47.6 Å². The van der Waals surface area contributed by atoms with Crippen LogP contribution in [0.15, 0.2) is 28.7 Å². The third-order valence-electron chi connectivity index (χ3n) is 2.55. The van der Waals surface area contributed by atoms with Gasteiger partial charge in [0.1, 0.15) is 0 Å². The molecule has 5 heteroatoms. The number of carbonyl (C=O) groups is 1. The van der Waals surface area contributed by atoms with E-state index in [1.165, 1.54) is 0 Å². The largest absolute Gasteiger partial charge is 0.382 e. The quantitative estimate of drug-likeness (QED) is 0.708. The average molecular weight is 330 g/mol. The van der Waals surface area contributed by atoms with Crippen molar-refractivity contribution < 1.29 is 14.3 Å². The van der Waals surface area contributed by atoms with Crippen molar-refractivity contribution in [3.8, 4) is 0 Å². The van der Waals surface area contributed by atoms with Gasteiger partial charge in [0.2, 0.25) is 0 Å². The molecule has 0 radical (unpaired) electrons. The molecule has 0 fully saturated rings. The van der Waals surface area contributed by atoms with E-state index in [0.29, 0.717) is 31.9 Å². The fraction of sp³-hybridized carbons (Fsp3) is 0.500. The second-order valence-electron chi connectivity index (χ2n) is 4.05. The van der Waals surface area contributed by atoms with Gasteiger partial charge in [-0.25, -0.2) is 0 Å². The number of amides is 1. The summed E-state index contributed by atoms with van der Waals surface area (Å²) >= 11 is 3.36. The predicted octanol–water partition coefficient (Wildman–Crippen LogP) is 2.62. The van der Waals surface area contributed by atoms with Crippen LogP contribution in [0.1, 0.15) is 23.2 Å². The molecule has 0 heterocycles. The minimum atomic E-state index is -0.0484. The van der Waals surface area contributed by atoms with Gasteiger partial charge in [0.15, 0.2) is 0 Å². The molecule has 1 rings (SSSR count). The van der Waals surface area contributed by atoms with Crippen LogP contribution in [0, 0.1) is 0 Å². The fourth-order valence-corrected chi connectivity index (χ4v) is 1.98. The number of hydrogen-bond donors (Lipinski definition) is 1. The summed E-state index contributed by atoms with van der Waals surface area (Å²) in [5.41, 5.74) is 0.666. The molecule has 0 aliphatic heterocycles. The van der Waals surface area contributed by atoms with Crippen LogP contribution in [-0.4, -0.2) is 39.4 Å². The standard InChI is InChI=1S/C14H20BrNO3/c1-18-10-11-19-9-5-4-8-16-14(17)12-6-2-3-7-13(12)15/h2-3,6-7H,4-5,8-11H2,1H3,(H,16,17). The van der Waals surface area contributed by atoms with Crippen LogP contribution in [0.2, 0.25) is 0 Å². The lowest BCUT2D eigenvalue weighted by molar-refractivity contribution is 0.0686. The highest BCUT2D eigenvalue weighted by atomic mass is 79.9. The van der Waals surface area contributed by atoms with Crippen molar-refractivity contribution in [3.63, 3.8) is 0 Å². The van der Waals surface area contributed by atoms with Gasteiger partial charge < -0.3 is 14.8 Å². The van der Waals surface area contributed by atoms with E-state index in [2.05, 4.69) is 21.2 Å². The molecule has 0 aromatic heterocycles. The van der Waals surface area contributed by atoms with Gasteiger partial charge in [-0.05, 0) is 40.9 Å². The van der Waals surface area contributed by atoms with Crippen LogP contribution < -0.4 is 5.32 Å². The number of halogens is 1. The van der Waals surface area contributed by atoms with Crippen molar-refractivity contribution in [2.45, 2.75) is 12.8 Å². The zero-order valence-corrected chi connectivity index (χ0v) is 12.7. The molecule has 0 saturated carbocycles. The number of benzene rings is 1. The molecule has 0 bridgehead atoms. The molecule has 19 heavy (non-hydrogen) atoms. The number of rotatable bonds is 9. The van der Waals surface area contributed by atoms with Gasteiger partial charge in [-0.3, -0.25) is 4.79 Å². The molecule has 0 spiro atoms. The number of carbonyl (C=O) groups excluding carboxylic acids is 1. The highest BCUT2D eigenvalue weighted by molar-refractivity contribution is 9.10. The Morgan fingerprint density at radius 2 is 2.00 bits per heavy atom. The van der Waals surface area contributed by atoms with Crippen LogP contribution in [0.3, 0.4) is 0 Å². The number of hydrogen-bond acceptors (Lipinski definition) is 3. The molecule has 4 nitrogen and oxygen atoms in total. The van der Waals surface area contributed by atoms with E-state index in [0.717, 1.165) is 17.3 Å². The van der Waals surface area contributed by atoms with E-state index in [1.807, 2.05) is 18.2 Å². The van der Waals surface area contributed by atoms with Crippen molar-refractivity contribution in [1.29, 1.82) is 0 Å². The lowest BCUT2D eigenvalue weighted by Gasteiger charge is -2.07. The second kappa shape index (κ2) is 9.95. The summed E-state index contributed by atoms with van der Waals surface area (Å²) in [6.45, 7) is 2.61. The van der Waals surface area contributed by atoms with Crippen LogP contribution in [0.4, 0.5) is 0 Å². The SMILES string of the molecule is COCCOCCCCNC(=O)c1ccccc1Br. The average Bonchev–Trinajstić information content (AvgIpc) is 2.42. The first-order valence-corrected chi connectivity index (χ1v) is 7.14. The summed E-state index contributed by atoms with van der Waals surface area (Å²) < 4.78 is 11.0. The van der Waals surface area contributed by atoms with E-state index < -0.39 is 0 Å². The fourth-order valence-electron chi connectivity index (χ4n) is 1.52. The molecular formula is C14H20BrNO3. The molecule has 0 atom stereocenters. The summed E-state index contributed by atoms with van der Waals surface area (Å²) in [5, 5.41) is 2.89. The summed E-state index contributed by atoms with van der Waals surface area (Å²) in [4.78, 5) is 11.9. The molecule has 0 unspecified atom stereocenters. The predicted molar refractivity (Wildman–Crippen MR) is 78.4 cm³/mol. The summed E-state index contributed by atoms with van der Waals surface area (Å²) in [5.74, 6) is -0.0484.